The minimum absolute atomic E-state index is 0.00555. The molecule has 1 heterocycles. The summed E-state index contributed by atoms with van der Waals surface area (Å²) in [5, 5.41) is 14.3. The minimum atomic E-state index is -0.390. The summed E-state index contributed by atoms with van der Waals surface area (Å²) in [4.78, 5) is 12.8. The number of nitrogens with one attached hydrogen (secondary N) is 2. The van der Waals surface area contributed by atoms with Gasteiger partial charge in [-0.25, -0.2) is 0 Å². The molecule has 1 aliphatic carbocycles. The number of aromatic amines is 1. The van der Waals surface area contributed by atoms with E-state index in [0.717, 1.165) is 22.8 Å². The predicted molar refractivity (Wildman–Crippen MR) is 91.4 cm³/mol. The van der Waals surface area contributed by atoms with E-state index in [0.29, 0.717) is 6.54 Å². The molecule has 3 rings (SSSR count). The number of amides is 1. The highest BCUT2D eigenvalue weighted by atomic mass is 32.2. The summed E-state index contributed by atoms with van der Waals surface area (Å²) >= 11 is 1.58. The number of carbonyl (C=O) groups is 1. The van der Waals surface area contributed by atoms with E-state index in [4.69, 9.17) is 0 Å². The standard InChI is InChI=1S/C17H22N4OS/c1-12-4-6-13(7-5-12)17(11-16(17,2)3)15(22)18-8-9-23-14-10-19-21-20-14/h4-7,10H,8-9,11H2,1-3H3,(H,18,22)(H,19,20,21)/t17-/m0/s1. The van der Waals surface area contributed by atoms with E-state index >= 15 is 0 Å². The Morgan fingerprint density at radius 1 is 1.35 bits per heavy atom. The Kier molecular flexibility index (Phi) is 4.19. The van der Waals surface area contributed by atoms with Gasteiger partial charge in [-0.15, -0.1) is 16.9 Å². The average Bonchev–Trinajstić information content (AvgIpc) is 2.88. The van der Waals surface area contributed by atoms with Gasteiger partial charge in [0.1, 0.15) is 5.03 Å². The van der Waals surface area contributed by atoms with Gasteiger partial charge in [0, 0.05) is 12.3 Å². The van der Waals surface area contributed by atoms with Gasteiger partial charge in [-0.3, -0.25) is 4.79 Å². The van der Waals surface area contributed by atoms with Crippen LogP contribution in [0.1, 0.15) is 31.4 Å². The fourth-order valence-corrected chi connectivity index (χ4v) is 3.85. The highest BCUT2D eigenvalue weighted by Gasteiger charge is 2.66. The maximum Gasteiger partial charge on any atom is 0.231 e. The molecule has 0 bridgehead atoms. The van der Waals surface area contributed by atoms with E-state index in [1.807, 2.05) is 0 Å². The van der Waals surface area contributed by atoms with Crippen LogP contribution >= 0.6 is 11.8 Å². The summed E-state index contributed by atoms with van der Waals surface area (Å²) in [5.41, 5.74) is 1.95. The molecule has 1 saturated carbocycles. The smallest absolute Gasteiger partial charge is 0.231 e. The lowest BCUT2D eigenvalue weighted by atomic mass is 9.86. The van der Waals surface area contributed by atoms with E-state index < -0.39 is 0 Å². The van der Waals surface area contributed by atoms with Crippen molar-refractivity contribution < 1.29 is 4.79 Å². The van der Waals surface area contributed by atoms with E-state index in [-0.39, 0.29) is 16.7 Å². The second-order valence-electron chi connectivity index (χ2n) is 6.74. The van der Waals surface area contributed by atoms with Gasteiger partial charge >= 0.3 is 0 Å². The number of benzene rings is 1. The van der Waals surface area contributed by atoms with Crippen LogP contribution in [0.2, 0.25) is 0 Å². The van der Waals surface area contributed by atoms with Crippen molar-refractivity contribution >= 4 is 17.7 Å². The molecule has 122 valence electrons. The fourth-order valence-electron chi connectivity index (χ4n) is 3.20. The van der Waals surface area contributed by atoms with Crippen LogP contribution in [0.5, 0.6) is 0 Å². The molecule has 1 amide bonds. The molecule has 6 heteroatoms. The van der Waals surface area contributed by atoms with Gasteiger partial charge in [0.05, 0.1) is 11.6 Å². The Labute approximate surface area is 140 Å². The van der Waals surface area contributed by atoms with Gasteiger partial charge in [-0.05, 0) is 24.3 Å². The third-order valence-electron chi connectivity index (χ3n) is 4.70. The highest BCUT2D eigenvalue weighted by Crippen LogP contribution is 2.64. The zero-order chi connectivity index (χ0) is 16.5. The van der Waals surface area contributed by atoms with E-state index in [1.165, 1.54) is 5.56 Å². The van der Waals surface area contributed by atoms with Crippen molar-refractivity contribution in [2.75, 3.05) is 12.3 Å². The largest absolute Gasteiger partial charge is 0.354 e. The topological polar surface area (TPSA) is 70.7 Å². The molecular weight excluding hydrogens is 308 g/mol. The van der Waals surface area contributed by atoms with Crippen LogP contribution in [-0.4, -0.2) is 33.6 Å². The summed E-state index contributed by atoms with van der Waals surface area (Å²) < 4.78 is 0. The first-order chi connectivity index (χ1) is 11.0. The van der Waals surface area contributed by atoms with Crippen LogP contribution in [0.3, 0.4) is 0 Å². The zero-order valence-corrected chi connectivity index (χ0v) is 14.5. The number of H-pyrrole nitrogens is 1. The van der Waals surface area contributed by atoms with Gasteiger partial charge in [-0.2, -0.15) is 10.3 Å². The number of thioether (sulfide) groups is 1. The molecule has 1 fully saturated rings. The number of carbonyl (C=O) groups excluding carboxylic acids is 1. The Morgan fingerprint density at radius 2 is 2.04 bits per heavy atom. The minimum Gasteiger partial charge on any atom is -0.354 e. The van der Waals surface area contributed by atoms with Crippen molar-refractivity contribution in [1.82, 2.24) is 20.7 Å². The first-order valence-electron chi connectivity index (χ1n) is 7.80. The molecule has 2 aromatic rings. The van der Waals surface area contributed by atoms with Gasteiger partial charge < -0.3 is 5.32 Å². The summed E-state index contributed by atoms with van der Waals surface area (Å²) in [6, 6.07) is 8.35. The van der Waals surface area contributed by atoms with E-state index in [2.05, 4.69) is 65.8 Å². The van der Waals surface area contributed by atoms with Crippen LogP contribution in [0.25, 0.3) is 0 Å². The first kappa shape index (κ1) is 16.1. The third kappa shape index (κ3) is 3.00. The van der Waals surface area contributed by atoms with Crippen molar-refractivity contribution in [2.45, 2.75) is 37.6 Å². The molecule has 23 heavy (non-hydrogen) atoms. The molecule has 0 saturated heterocycles. The summed E-state index contributed by atoms with van der Waals surface area (Å²) in [5.74, 6) is 0.912. The maximum absolute atomic E-state index is 12.8. The van der Waals surface area contributed by atoms with Gasteiger partial charge in [0.25, 0.3) is 0 Å². The summed E-state index contributed by atoms with van der Waals surface area (Å²) in [7, 11) is 0. The molecule has 0 radical (unpaired) electrons. The Hall–Kier alpha value is -1.82. The van der Waals surface area contributed by atoms with Crippen molar-refractivity contribution in [2.24, 2.45) is 5.41 Å². The lowest BCUT2D eigenvalue weighted by molar-refractivity contribution is -0.124. The normalized spacial score (nSPS) is 21.9. The van der Waals surface area contributed by atoms with Crippen LogP contribution in [-0.2, 0) is 10.2 Å². The van der Waals surface area contributed by atoms with E-state index in [9.17, 15) is 4.79 Å². The Bertz CT molecular complexity index is 681. The zero-order valence-electron chi connectivity index (χ0n) is 13.7. The molecule has 0 unspecified atom stereocenters. The number of rotatable bonds is 6. The molecule has 1 aromatic carbocycles. The molecule has 1 aromatic heterocycles. The molecule has 5 nitrogen and oxygen atoms in total. The van der Waals surface area contributed by atoms with Crippen LogP contribution in [0.4, 0.5) is 0 Å². The lowest BCUT2D eigenvalue weighted by Crippen LogP contribution is -2.38. The van der Waals surface area contributed by atoms with Gasteiger partial charge in [0.15, 0.2) is 0 Å². The lowest BCUT2D eigenvalue weighted by Gasteiger charge is -2.21. The molecule has 2 N–H and O–H groups in total. The highest BCUT2D eigenvalue weighted by molar-refractivity contribution is 7.99. The quantitative estimate of drug-likeness (QED) is 0.631. The second-order valence-corrected chi connectivity index (χ2v) is 7.86. The molecular formula is C17H22N4OS. The third-order valence-corrected chi connectivity index (χ3v) is 5.60. The Balaban J connectivity index is 1.62. The SMILES string of the molecule is Cc1ccc([C@]2(C(=O)NCCSc3cn[nH]n3)CC2(C)C)cc1. The van der Waals surface area contributed by atoms with Crippen molar-refractivity contribution in [3.63, 3.8) is 0 Å². The number of hydrogen-bond donors (Lipinski definition) is 2. The van der Waals surface area contributed by atoms with Crippen molar-refractivity contribution in [1.29, 1.82) is 0 Å². The number of aryl methyl sites for hydroxylation is 1. The summed E-state index contributed by atoms with van der Waals surface area (Å²) in [6.07, 6.45) is 2.58. The number of hydrogen-bond acceptors (Lipinski definition) is 4. The molecule has 1 aliphatic rings. The monoisotopic (exact) mass is 330 g/mol. The number of nitrogens with zero attached hydrogens (tertiary/aromatic N) is 2. The van der Waals surface area contributed by atoms with Crippen LogP contribution in [0, 0.1) is 12.3 Å². The van der Waals surface area contributed by atoms with Crippen molar-refractivity contribution in [3.05, 3.63) is 41.6 Å². The molecule has 0 spiro atoms. The Morgan fingerprint density at radius 3 is 2.61 bits per heavy atom. The maximum atomic E-state index is 12.8. The summed E-state index contributed by atoms with van der Waals surface area (Å²) in [6.45, 7) is 7.02. The van der Waals surface area contributed by atoms with Crippen LogP contribution in [0.15, 0.2) is 35.5 Å². The fraction of sp³-hybridized carbons (Fsp3) is 0.471. The number of aromatic nitrogens is 3. The first-order valence-corrected chi connectivity index (χ1v) is 8.78. The second kappa shape index (κ2) is 6.00. The van der Waals surface area contributed by atoms with E-state index in [1.54, 1.807) is 18.0 Å². The average molecular weight is 330 g/mol. The van der Waals surface area contributed by atoms with Crippen LogP contribution < -0.4 is 5.32 Å². The predicted octanol–water partition coefficient (Wildman–Crippen LogP) is 2.69. The molecule has 0 aliphatic heterocycles. The van der Waals surface area contributed by atoms with Gasteiger partial charge in [0.2, 0.25) is 5.91 Å². The van der Waals surface area contributed by atoms with Crippen molar-refractivity contribution in [3.8, 4) is 0 Å². The molecule has 1 atom stereocenters. The van der Waals surface area contributed by atoms with Gasteiger partial charge in [-0.1, -0.05) is 43.7 Å².